The Hall–Kier alpha value is -3.84. The summed E-state index contributed by atoms with van der Waals surface area (Å²) < 4.78 is 23.1. The third-order valence-electron chi connectivity index (χ3n) is 5.97. The van der Waals surface area contributed by atoms with Gasteiger partial charge >= 0.3 is 0 Å². The Bertz CT molecular complexity index is 1330. The number of imidazole rings is 1. The second kappa shape index (κ2) is 8.60. The molecule has 0 radical (unpaired) electrons. The van der Waals surface area contributed by atoms with Crippen molar-refractivity contribution in [1.82, 2.24) is 34.7 Å². The molecule has 4 aromatic rings. The molecule has 0 spiro atoms. The number of pyridine rings is 2. The van der Waals surface area contributed by atoms with E-state index in [0.29, 0.717) is 22.9 Å². The summed E-state index contributed by atoms with van der Waals surface area (Å²) in [6.45, 7) is 5.72. The molecule has 0 aromatic carbocycles. The predicted octanol–water partition coefficient (Wildman–Crippen LogP) is 3.37. The zero-order valence-electron chi connectivity index (χ0n) is 18.4. The first-order valence-corrected chi connectivity index (χ1v) is 10.9. The molecule has 1 aliphatic heterocycles. The second-order valence-corrected chi connectivity index (χ2v) is 8.16. The summed E-state index contributed by atoms with van der Waals surface area (Å²) in [5.41, 5.74) is 3.97. The number of fused-ring (bicyclic) bond motifs is 1. The van der Waals surface area contributed by atoms with Crippen LogP contribution in [0.5, 0.6) is 5.88 Å². The quantitative estimate of drug-likeness (QED) is 0.501. The molecule has 2 atom stereocenters. The van der Waals surface area contributed by atoms with Gasteiger partial charge in [0.15, 0.2) is 0 Å². The molecule has 0 unspecified atom stereocenters. The van der Waals surface area contributed by atoms with Gasteiger partial charge in [0, 0.05) is 18.2 Å². The summed E-state index contributed by atoms with van der Waals surface area (Å²) >= 11 is 0. The average Bonchev–Trinajstić information content (AvgIpc) is 3.43. The van der Waals surface area contributed by atoms with Crippen LogP contribution in [0.25, 0.3) is 16.9 Å². The molecule has 0 amide bonds. The Balaban J connectivity index is 1.55. The maximum atomic E-state index is 13.3. The van der Waals surface area contributed by atoms with Crippen LogP contribution in [-0.4, -0.2) is 42.5 Å². The minimum Gasteiger partial charge on any atom is -0.469 e. The van der Waals surface area contributed by atoms with E-state index in [4.69, 9.17) is 4.74 Å². The first-order chi connectivity index (χ1) is 16.0. The number of nitrogens with one attached hydrogen (secondary N) is 1. The maximum absolute atomic E-state index is 13.3. The molecular formula is C23H23FN8O. The molecule has 4 aromatic heterocycles. The van der Waals surface area contributed by atoms with Crippen molar-refractivity contribution in [2.45, 2.75) is 38.8 Å². The van der Waals surface area contributed by atoms with E-state index in [1.165, 1.54) is 12.3 Å². The Morgan fingerprint density at radius 2 is 2.15 bits per heavy atom. The van der Waals surface area contributed by atoms with E-state index in [1.54, 1.807) is 10.5 Å². The fraction of sp³-hybridized carbons (Fsp3) is 0.348. The van der Waals surface area contributed by atoms with Gasteiger partial charge in [-0.25, -0.2) is 14.1 Å². The van der Waals surface area contributed by atoms with Crippen molar-refractivity contribution in [2.24, 2.45) is 0 Å². The van der Waals surface area contributed by atoms with Gasteiger partial charge in [0.2, 0.25) is 5.88 Å². The monoisotopic (exact) mass is 446 g/mol. The summed E-state index contributed by atoms with van der Waals surface area (Å²) in [5.74, 6) is 0.00639. The van der Waals surface area contributed by atoms with E-state index in [-0.39, 0.29) is 6.04 Å². The first-order valence-electron chi connectivity index (χ1n) is 10.9. The first kappa shape index (κ1) is 21.0. The van der Waals surface area contributed by atoms with Crippen molar-refractivity contribution >= 4 is 5.65 Å². The number of aromatic nitrogens is 6. The fourth-order valence-electron chi connectivity index (χ4n) is 4.25. The van der Waals surface area contributed by atoms with Crippen LogP contribution < -0.4 is 10.1 Å². The summed E-state index contributed by atoms with van der Waals surface area (Å²) in [6.07, 6.45) is 4.33. The lowest BCUT2D eigenvalue weighted by molar-refractivity contribution is 0.209. The van der Waals surface area contributed by atoms with Crippen LogP contribution in [-0.2, 0) is 0 Å². The standard InChI is InChI=1S/C23H23FN8O/c1-14-23(29-30-32(14)18-4-3-7-26-12-18)16-8-21-28-13-19(10-25)31(21)22(9-16)33-15(2)20-6-5-17(24)11-27-20/h5-6,8-9,11,13,15,18,26H,3-4,7,12H2,1-2H3/t15-,18+/m1/s1. The van der Waals surface area contributed by atoms with Crippen LogP contribution >= 0.6 is 0 Å². The molecule has 1 fully saturated rings. The second-order valence-electron chi connectivity index (χ2n) is 8.16. The zero-order valence-corrected chi connectivity index (χ0v) is 18.4. The van der Waals surface area contributed by atoms with Gasteiger partial charge in [-0.3, -0.25) is 9.38 Å². The molecule has 168 valence electrons. The molecule has 0 saturated carbocycles. The van der Waals surface area contributed by atoms with Crippen LogP contribution in [0, 0.1) is 24.1 Å². The highest BCUT2D eigenvalue weighted by atomic mass is 19.1. The highest BCUT2D eigenvalue weighted by Gasteiger charge is 2.22. The Morgan fingerprint density at radius 1 is 1.27 bits per heavy atom. The Morgan fingerprint density at radius 3 is 2.88 bits per heavy atom. The van der Waals surface area contributed by atoms with E-state index in [1.807, 2.05) is 30.7 Å². The van der Waals surface area contributed by atoms with E-state index in [9.17, 15) is 9.65 Å². The van der Waals surface area contributed by atoms with Crippen molar-refractivity contribution in [3.63, 3.8) is 0 Å². The van der Waals surface area contributed by atoms with Crippen LogP contribution in [0.4, 0.5) is 4.39 Å². The normalized spacial score (nSPS) is 17.1. The lowest BCUT2D eigenvalue weighted by atomic mass is 10.1. The number of halogens is 1. The number of nitrogens with zero attached hydrogens (tertiary/aromatic N) is 7. The van der Waals surface area contributed by atoms with Gasteiger partial charge in [0.05, 0.1) is 29.8 Å². The van der Waals surface area contributed by atoms with Crippen molar-refractivity contribution in [3.8, 4) is 23.2 Å². The number of hydrogen-bond acceptors (Lipinski definition) is 7. The lowest BCUT2D eigenvalue weighted by Gasteiger charge is -2.23. The minimum atomic E-state index is -0.483. The molecule has 0 aliphatic carbocycles. The molecule has 1 N–H and O–H groups in total. The van der Waals surface area contributed by atoms with Crippen LogP contribution in [0.2, 0.25) is 0 Å². The predicted molar refractivity (Wildman–Crippen MR) is 118 cm³/mol. The smallest absolute Gasteiger partial charge is 0.201 e. The number of nitriles is 1. The van der Waals surface area contributed by atoms with E-state index >= 15 is 0 Å². The van der Waals surface area contributed by atoms with Gasteiger partial charge in [-0.1, -0.05) is 5.21 Å². The number of ether oxygens (including phenoxy) is 1. The summed E-state index contributed by atoms with van der Waals surface area (Å²) in [5, 5.41) is 21.8. The molecule has 5 rings (SSSR count). The van der Waals surface area contributed by atoms with E-state index < -0.39 is 11.9 Å². The van der Waals surface area contributed by atoms with Crippen molar-refractivity contribution in [3.05, 3.63) is 59.6 Å². The highest BCUT2D eigenvalue weighted by Crippen LogP contribution is 2.31. The Labute approximate surface area is 189 Å². The van der Waals surface area contributed by atoms with Gasteiger partial charge in [-0.05, 0) is 51.4 Å². The fourth-order valence-corrected chi connectivity index (χ4v) is 4.25. The number of hydrogen-bond donors (Lipinski definition) is 1. The lowest BCUT2D eigenvalue weighted by Crippen LogP contribution is -2.32. The van der Waals surface area contributed by atoms with Gasteiger partial charge in [-0.15, -0.1) is 5.10 Å². The molecule has 9 nitrogen and oxygen atoms in total. The van der Waals surface area contributed by atoms with Gasteiger partial charge in [0.1, 0.15) is 35.0 Å². The molecule has 1 saturated heterocycles. The van der Waals surface area contributed by atoms with Gasteiger partial charge in [0.25, 0.3) is 0 Å². The SMILES string of the molecule is Cc1c(-c2cc(O[C@H](C)c3ccc(F)cn3)n3c(C#N)cnc3c2)nnn1[C@H]1CCCNC1. The summed E-state index contributed by atoms with van der Waals surface area (Å²) in [6, 6.07) is 9.03. The molecular weight excluding hydrogens is 423 g/mol. The third kappa shape index (κ3) is 3.91. The van der Waals surface area contributed by atoms with Gasteiger partial charge in [-0.2, -0.15) is 5.26 Å². The minimum absolute atomic E-state index is 0.264. The molecule has 5 heterocycles. The molecule has 1 aliphatic rings. The summed E-state index contributed by atoms with van der Waals surface area (Å²) in [7, 11) is 0. The van der Waals surface area contributed by atoms with Crippen molar-refractivity contribution < 1.29 is 9.13 Å². The number of piperidine rings is 1. The highest BCUT2D eigenvalue weighted by molar-refractivity contribution is 5.68. The molecule has 10 heteroatoms. The van der Waals surface area contributed by atoms with E-state index in [2.05, 4.69) is 31.7 Å². The zero-order chi connectivity index (χ0) is 22.9. The van der Waals surface area contributed by atoms with E-state index in [0.717, 1.165) is 49.1 Å². The molecule has 0 bridgehead atoms. The number of rotatable bonds is 5. The van der Waals surface area contributed by atoms with Crippen LogP contribution in [0.15, 0.2) is 36.7 Å². The van der Waals surface area contributed by atoms with Crippen molar-refractivity contribution in [2.75, 3.05) is 13.1 Å². The van der Waals surface area contributed by atoms with Crippen LogP contribution in [0.3, 0.4) is 0 Å². The van der Waals surface area contributed by atoms with Crippen LogP contribution in [0.1, 0.15) is 49.0 Å². The average molecular weight is 446 g/mol. The molecule has 33 heavy (non-hydrogen) atoms. The summed E-state index contributed by atoms with van der Waals surface area (Å²) in [4.78, 5) is 8.50. The topological polar surface area (TPSA) is 106 Å². The largest absolute Gasteiger partial charge is 0.469 e. The Kier molecular flexibility index (Phi) is 5.48. The third-order valence-corrected chi connectivity index (χ3v) is 5.97. The maximum Gasteiger partial charge on any atom is 0.201 e. The van der Waals surface area contributed by atoms with Crippen molar-refractivity contribution in [1.29, 1.82) is 5.26 Å². The van der Waals surface area contributed by atoms with Gasteiger partial charge < -0.3 is 10.1 Å².